The first-order valence-corrected chi connectivity index (χ1v) is 7.51. The lowest BCUT2D eigenvalue weighted by Gasteiger charge is -2.11. The Morgan fingerprint density at radius 2 is 2.14 bits per heavy atom. The van der Waals surface area contributed by atoms with Crippen LogP contribution in [0.25, 0.3) is 0 Å². The van der Waals surface area contributed by atoms with Gasteiger partial charge >= 0.3 is 0 Å². The molecular formula is C15H25N7. The molecule has 0 aromatic carbocycles. The zero-order chi connectivity index (χ0) is 15.9. The molecule has 0 saturated carbocycles. The molecule has 0 atom stereocenters. The first-order valence-electron chi connectivity index (χ1n) is 7.51. The average Bonchev–Trinajstić information content (AvgIpc) is 3.03. The molecule has 0 aliphatic heterocycles. The summed E-state index contributed by atoms with van der Waals surface area (Å²) in [5, 5.41) is 15.2. The largest absolute Gasteiger partial charge is 0.356 e. The van der Waals surface area contributed by atoms with E-state index >= 15 is 0 Å². The molecule has 0 radical (unpaired) electrons. The number of aromatic nitrogens is 4. The normalized spacial score (nSPS) is 11.7. The highest BCUT2D eigenvalue weighted by atomic mass is 15.3. The molecule has 0 amide bonds. The van der Waals surface area contributed by atoms with E-state index in [4.69, 9.17) is 0 Å². The molecule has 0 aliphatic rings. The molecule has 2 N–H and O–H groups in total. The third-order valence-electron chi connectivity index (χ3n) is 3.38. The topological polar surface area (TPSA) is 72.1 Å². The predicted molar refractivity (Wildman–Crippen MR) is 87.7 cm³/mol. The lowest BCUT2D eigenvalue weighted by atomic mass is 10.3. The zero-order valence-electron chi connectivity index (χ0n) is 13.8. The van der Waals surface area contributed by atoms with E-state index < -0.39 is 0 Å². The molecule has 0 aliphatic carbocycles. The first kappa shape index (κ1) is 16.1. The molecule has 2 aromatic rings. The minimum Gasteiger partial charge on any atom is -0.356 e. The van der Waals surface area contributed by atoms with Gasteiger partial charge in [-0.25, -0.2) is 0 Å². The van der Waals surface area contributed by atoms with Crippen LogP contribution in [0, 0.1) is 13.8 Å². The fourth-order valence-electron chi connectivity index (χ4n) is 2.31. The van der Waals surface area contributed by atoms with Gasteiger partial charge in [-0.15, -0.1) is 0 Å². The zero-order valence-corrected chi connectivity index (χ0v) is 13.8. The van der Waals surface area contributed by atoms with Crippen LogP contribution in [0.2, 0.25) is 0 Å². The van der Waals surface area contributed by atoms with Gasteiger partial charge in [-0.1, -0.05) is 0 Å². The van der Waals surface area contributed by atoms with Gasteiger partial charge in [-0.3, -0.25) is 14.4 Å². The third-order valence-corrected chi connectivity index (χ3v) is 3.38. The summed E-state index contributed by atoms with van der Waals surface area (Å²) in [5.74, 6) is 0.803. The molecule has 22 heavy (non-hydrogen) atoms. The Morgan fingerprint density at radius 3 is 2.73 bits per heavy atom. The van der Waals surface area contributed by atoms with Crippen LogP contribution in [-0.2, 0) is 20.1 Å². The number of aliphatic imine (C=N–C) groups is 1. The van der Waals surface area contributed by atoms with Crippen molar-refractivity contribution in [3.8, 4) is 0 Å². The Kier molecular flexibility index (Phi) is 5.57. The summed E-state index contributed by atoms with van der Waals surface area (Å²) in [4.78, 5) is 4.22. The predicted octanol–water partition coefficient (Wildman–Crippen LogP) is 0.989. The van der Waals surface area contributed by atoms with E-state index in [-0.39, 0.29) is 0 Å². The van der Waals surface area contributed by atoms with Gasteiger partial charge in [-0.05, 0) is 26.3 Å². The number of hydrogen-bond donors (Lipinski definition) is 2. The summed E-state index contributed by atoms with van der Waals surface area (Å²) in [5.41, 5.74) is 3.41. The minimum atomic E-state index is 0.713. The summed E-state index contributed by atoms with van der Waals surface area (Å²) < 4.78 is 3.84. The van der Waals surface area contributed by atoms with Gasteiger partial charge in [0.1, 0.15) is 0 Å². The van der Waals surface area contributed by atoms with Crippen LogP contribution in [-0.4, -0.2) is 39.1 Å². The number of nitrogens with one attached hydrogen (secondary N) is 2. The molecule has 7 heteroatoms. The Bertz CT molecular complexity index is 624. The molecule has 0 saturated heterocycles. The molecule has 0 fully saturated rings. The van der Waals surface area contributed by atoms with Crippen molar-refractivity contribution in [1.82, 2.24) is 30.2 Å². The van der Waals surface area contributed by atoms with Gasteiger partial charge in [-0.2, -0.15) is 10.2 Å². The van der Waals surface area contributed by atoms with Gasteiger partial charge in [0.15, 0.2) is 5.96 Å². The summed E-state index contributed by atoms with van der Waals surface area (Å²) in [7, 11) is 3.69. The first-order chi connectivity index (χ1) is 10.6. The molecule has 0 unspecified atom stereocenters. The smallest absolute Gasteiger partial charge is 0.191 e. The van der Waals surface area contributed by atoms with Crippen molar-refractivity contribution in [1.29, 1.82) is 0 Å². The van der Waals surface area contributed by atoms with Crippen LogP contribution in [0.1, 0.15) is 23.4 Å². The molecule has 0 spiro atoms. The van der Waals surface area contributed by atoms with E-state index in [1.54, 1.807) is 11.7 Å². The Labute approximate surface area is 131 Å². The van der Waals surface area contributed by atoms with Gasteiger partial charge in [0.2, 0.25) is 0 Å². The second-order valence-electron chi connectivity index (χ2n) is 5.38. The van der Waals surface area contributed by atoms with E-state index in [0.29, 0.717) is 6.54 Å². The highest BCUT2D eigenvalue weighted by molar-refractivity contribution is 5.79. The monoisotopic (exact) mass is 303 g/mol. The van der Waals surface area contributed by atoms with E-state index in [2.05, 4.69) is 38.8 Å². The Balaban J connectivity index is 1.69. The SMILES string of the molecule is CN=C(NCCCn1nc(C)cc1C)NCc1cnn(C)c1. The number of rotatable bonds is 6. The van der Waals surface area contributed by atoms with Gasteiger partial charge in [0.25, 0.3) is 0 Å². The van der Waals surface area contributed by atoms with E-state index in [1.165, 1.54) is 5.69 Å². The van der Waals surface area contributed by atoms with E-state index in [9.17, 15) is 0 Å². The van der Waals surface area contributed by atoms with E-state index in [1.807, 2.05) is 31.0 Å². The molecular weight excluding hydrogens is 278 g/mol. The van der Waals surface area contributed by atoms with Crippen molar-refractivity contribution in [2.24, 2.45) is 12.0 Å². The molecule has 0 bridgehead atoms. The molecule has 7 nitrogen and oxygen atoms in total. The second kappa shape index (κ2) is 7.63. The Hall–Kier alpha value is -2.31. The van der Waals surface area contributed by atoms with Gasteiger partial charge in [0.05, 0.1) is 11.9 Å². The maximum Gasteiger partial charge on any atom is 0.191 e. The number of hydrogen-bond acceptors (Lipinski definition) is 3. The highest BCUT2D eigenvalue weighted by Gasteiger charge is 2.02. The maximum absolute atomic E-state index is 4.46. The molecule has 2 rings (SSSR count). The number of aryl methyl sites for hydroxylation is 4. The lowest BCUT2D eigenvalue weighted by molar-refractivity contribution is 0.555. The quantitative estimate of drug-likeness (QED) is 0.474. The van der Waals surface area contributed by atoms with Crippen LogP contribution in [0.3, 0.4) is 0 Å². The van der Waals surface area contributed by atoms with Crippen LogP contribution in [0.4, 0.5) is 0 Å². The summed E-state index contributed by atoms with van der Waals surface area (Å²) in [6.45, 7) is 6.58. The third kappa shape index (κ3) is 4.61. The maximum atomic E-state index is 4.46. The van der Waals surface area contributed by atoms with Crippen LogP contribution in [0.5, 0.6) is 0 Å². The average molecular weight is 303 g/mol. The molecule has 2 aromatic heterocycles. The number of nitrogens with zero attached hydrogens (tertiary/aromatic N) is 5. The van der Waals surface area contributed by atoms with Gasteiger partial charge in [0, 0.05) is 51.2 Å². The van der Waals surface area contributed by atoms with Crippen molar-refractivity contribution in [2.45, 2.75) is 33.4 Å². The summed E-state index contributed by atoms with van der Waals surface area (Å²) in [6.07, 6.45) is 4.84. The van der Waals surface area contributed by atoms with Crippen LogP contribution >= 0.6 is 0 Å². The Morgan fingerprint density at radius 1 is 1.32 bits per heavy atom. The fraction of sp³-hybridized carbons (Fsp3) is 0.533. The standard InChI is InChI=1S/C15H25N7/c1-12-8-13(2)22(20-12)7-5-6-17-15(16-3)18-9-14-10-19-21(4)11-14/h8,10-11H,5-7,9H2,1-4H3,(H2,16,17,18). The number of guanidine groups is 1. The molecule has 2 heterocycles. The van der Waals surface area contributed by atoms with Crippen molar-refractivity contribution in [2.75, 3.05) is 13.6 Å². The van der Waals surface area contributed by atoms with Crippen molar-refractivity contribution >= 4 is 5.96 Å². The summed E-state index contributed by atoms with van der Waals surface area (Å²) >= 11 is 0. The van der Waals surface area contributed by atoms with Crippen molar-refractivity contribution in [3.63, 3.8) is 0 Å². The second-order valence-corrected chi connectivity index (χ2v) is 5.38. The lowest BCUT2D eigenvalue weighted by Crippen LogP contribution is -2.37. The van der Waals surface area contributed by atoms with Crippen LogP contribution < -0.4 is 10.6 Å². The highest BCUT2D eigenvalue weighted by Crippen LogP contribution is 2.02. The van der Waals surface area contributed by atoms with Gasteiger partial charge < -0.3 is 10.6 Å². The summed E-state index contributed by atoms with van der Waals surface area (Å²) in [6, 6.07) is 2.10. The van der Waals surface area contributed by atoms with Crippen LogP contribution in [0.15, 0.2) is 23.5 Å². The molecule has 120 valence electrons. The van der Waals surface area contributed by atoms with Crippen molar-refractivity contribution < 1.29 is 0 Å². The fourth-order valence-corrected chi connectivity index (χ4v) is 2.31. The van der Waals surface area contributed by atoms with E-state index in [0.717, 1.165) is 36.7 Å². The van der Waals surface area contributed by atoms with Crippen molar-refractivity contribution in [3.05, 3.63) is 35.4 Å². The minimum absolute atomic E-state index is 0.713.